The van der Waals surface area contributed by atoms with Crippen LogP contribution in [0.15, 0.2) is 27.7 Å². The van der Waals surface area contributed by atoms with E-state index in [1.807, 2.05) is 0 Å². The molecule has 3 rings (SSSR count). The Morgan fingerprint density at radius 1 is 1.40 bits per heavy atom. The molecule has 3 nitrogen and oxygen atoms in total. The Morgan fingerprint density at radius 2 is 2.08 bits per heavy atom. The summed E-state index contributed by atoms with van der Waals surface area (Å²) in [5.74, 6) is -0.419. The van der Waals surface area contributed by atoms with Gasteiger partial charge in [0.1, 0.15) is 5.82 Å². The maximum Gasteiger partial charge on any atom is 0.282 e. The van der Waals surface area contributed by atoms with Crippen LogP contribution < -0.4 is 4.80 Å². The van der Waals surface area contributed by atoms with Gasteiger partial charge in [-0.15, -0.1) is 11.3 Å². The molecule has 6 heteroatoms. The van der Waals surface area contributed by atoms with Crippen LogP contribution in [0.4, 0.5) is 4.39 Å². The number of nitrogens with zero attached hydrogens (tertiary/aromatic N) is 2. The fraction of sp³-hybridized carbons (Fsp3) is 0.474. The number of hydrogen-bond donors (Lipinski definition) is 0. The van der Waals surface area contributed by atoms with Crippen LogP contribution >= 0.6 is 27.3 Å². The molecule has 1 saturated carbocycles. The minimum atomic E-state index is -0.546. The van der Waals surface area contributed by atoms with Gasteiger partial charge in [0.25, 0.3) is 5.91 Å². The molecule has 1 fully saturated rings. The summed E-state index contributed by atoms with van der Waals surface area (Å²) in [5.41, 5.74) is 1.14. The predicted molar refractivity (Wildman–Crippen MR) is 102 cm³/mol. The number of aromatic nitrogens is 1. The van der Waals surface area contributed by atoms with E-state index in [2.05, 4.69) is 53.2 Å². The van der Waals surface area contributed by atoms with Crippen molar-refractivity contribution in [1.82, 2.24) is 4.57 Å². The molecule has 1 aliphatic rings. The molecule has 2 aromatic rings. The number of carbonyl (C=O) groups excluding carboxylic acids is 1. The average Bonchev–Trinajstić information content (AvgIpc) is 3.28. The number of thiazole rings is 1. The normalized spacial score (nSPS) is 15.7. The minimum absolute atomic E-state index is 0.00397. The molecule has 134 valence electrons. The molecule has 0 atom stereocenters. The van der Waals surface area contributed by atoms with Crippen molar-refractivity contribution in [3.63, 3.8) is 0 Å². The zero-order valence-corrected chi connectivity index (χ0v) is 17.3. The SMILES string of the molecule is Cc1c(C(C)(C)C)s/c(=N\C(=O)c2cc(Br)ccc2F)n1CC1CC1. The van der Waals surface area contributed by atoms with Crippen molar-refractivity contribution in [2.24, 2.45) is 10.9 Å². The number of hydrogen-bond acceptors (Lipinski definition) is 2. The summed E-state index contributed by atoms with van der Waals surface area (Å²) in [6, 6.07) is 4.34. The van der Waals surface area contributed by atoms with Crippen molar-refractivity contribution in [3.8, 4) is 0 Å². The van der Waals surface area contributed by atoms with Crippen molar-refractivity contribution in [2.45, 2.75) is 52.5 Å². The molecule has 0 N–H and O–H groups in total. The van der Waals surface area contributed by atoms with Crippen LogP contribution in [-0.2, 0) is 12.0 Å². The molecular weight excluding hydrogens is 403 g/mol. The molecule has 0 saturated heterocycles. The van der Waals surface area contributed by atoms with E-state index in [1.165, 1.54) is 41.2 Å². The van der Waals surface area contributed by atoms with E-state index >= 15 is 0 Å². The van der Waals surface area contributed by atoms with E-state index in [1.54, 1.807) is 6.07 Å². The Kier molecular flexibility index (Phi) is 5.04. The zero-order chi connectivity index (χ0) is 18.4. The minimum Gasteiger partial charge on any atom is -0.320 e. The van der Waals surface area contributed by atoms with Gasteiger partial charge in [-0.2, -0.15) is 4.99 Å². The average molecular weight is 425 g/mol. The van der Waals surface area contributed by atoms with Crippen LogP contribution in [0.5, 0.6) is 0 Å². The fourth-order valence-corrected chi connectivity index (χ4v) is 4.41. The topological polar surface area (TPSA) is 34.4 Å². The Hall–Kier alpha value is -1.27. The van der Waals surface area contributed by atoms with Gasteiger partial charge in [0, 0.05) is 21.6 Å². The number of halogens is 2. The molecule has 0 bridgehead atoms. The van der Waals surface area contributed by atoms with Gasteiger partial charge in [-0.3, -0.25) is 4.79 Å². The highest BCUT2D eigenvalue weighted by Crippen LogP contribution is 2.33. The standard InChI is InChI=1S/C19H22BrFN2OS/c1-11-16(19(2,3)4)25-18(23(11)10-12-5-6-12)22-17(24)14-9-13(20)7-8-15(14)21/h7-9,12H,5-6,10H2,1-4H3/b22-18-. The van der Waals surface area contributed by atoms with Gasteiger partial charge in [0.2, 0.25) is 0 Å². The van der Waals surface area contributed by atoms with Gasteiger partial charge in [-0.05, 0) is 49.3 Å². The number of amides is 1. The second-order valence-corrected chi connectivity index (χ2v) is 9.54. The van der Waals surface area contributed by atoms with E-state index in [0.717, 1.165) is 12.2 Å². The lowest BCUT2D eigenvalue weighted by Gasteiger charge is -2.17. The summed E-state index contributed by atoms with van der Waals surface area (Å²) in [7, 11) is 0. The van der Waals surface area contributed by atoms with E-state index in [0.29, 0.717) is 15.2 Å². The molecule has 0 spiro atoms. The third-order valence-corrected chi connectivity index (χ3v) is 6.43. The highest BCUT2D eigenvalue weighted by atomic mass is 79.9. The Labute approximate surface area is 159 Å². The predicted octanol–water partition coefficient (Wildman–Crippen LogP) is 5.21. The number of rotatable bonds is 3. The largest absolute Gasteiger partial charge is 0.320 e. The van der Waals surface area contributed by atoms with Crippen molar-refractivity contribution >= 4 is 33.2 Å². The molecule has 1 aromatic heterocycles. The van der Waals surface area contributed by atoms with Crippen LogP contribution in [0.25, 0.3) is 0 Å². The van der Waals surface area contributed by atoms with Crippen molar-refractivity contribution in [3.05, 3.63) is 49.4 Å². The lowest BCUT2D eigenvalue weighted by atomic mass is 9.93. The lowest BCUT2D eigenvalue weighted by Crippen LogP contribution is -2.20. The maximum atomic E-state index is 14.0. The first kappa shape index (κ1) is 18.5. The second kappa shape index (κ2) is 6.80. The number of carbonyl (C=O) groups is 1. The van der Waals surface area contributed by atoms with Crippen LogP contribution in [0.3, 0.4) is 0 Å². The lowest BCUT2D eigenvalue weighted by molar-refractivity contribution is 0.0993. The van der Waals surface area contributed by atoms with Gasteiger partial charge >= 0.3 is 0 Å². The summed E-state index contributed by atoms with van der Waals surface area (Å²) < 4.78 is 16.8. The van der Waals surface area contributed by atoms with Crippen LogP contribution in [0, 0.1) is 18.7 Å². The summed E-state index contributed by atoms with van der Waals surface area (Å²) >= 11 is 4.82. The summed E-state index contributed by atoms with van der Waals surface area (Å²) in [5, 5.41) is 0. The molecule has 0 aliphatic heterocycles. The Balaban J connectivity index is 2.09. The van der Waals surface area contributed by atoms with Gasteiger partial charge in [0.05, 0.1) is 5.56 Å². The molecule has 1 aliphatic carbocycles. The van der Waals surface area contributed by atoms with E-state index in [-0.39, 0.29) is 11.0 Å². The molecule has 1 aromatic carbocycles. The van der Waals surface area contributed by atoms with Gasteiger partial charge in [0.15, 0.2) is 4.80 Å². The first-order valence-corrected chi connectivity index (χ1v) is 10.0. The molecule has 1 amide bonds. The van der Waals surface area contributed by atoms with E-state index in [4.69, 9.17) is 0 Å². The third kappa shape index (κ3) is 4.11. The Morgan fingerprint density at radius 3 is 2.68 bits per heavy atom. The third-order valence-electron chi connectivity index (χ3n) is 4.33. The van der Waals surface area contributed by atoms with Crippen molar-refractivity contribution in [1.29, 1.82) is 0 Å². The number of benzene rings is 1. The first-order valence-electron chi connectivity index (χ1n) is 8.41. The highest BCUT2D eigenvalue weighted by Gasteiger charge is 2.27. The van der Waals surface area contributed by atoms with Crippen molar-refractivity contribution < 1.29 is 9.18 Å². The quantitative estimate of drug-likeness (QED) is 0.665. The van der Waals surface area contributed by atoms with Gasteiger partial charge in [-0.25, -0.2) is 4.39 Å². The van der Waals surface area contributed by atoms with Gasteiger partial charge in [-0.1, -0.05) is 36.7 Å². The van der Waals surface area contributed by atoms with Crippen LogP contribution in [0.2, 0.25) is 0 Å². The van der Waals surface area contributed by atoms with E-state index in [9.17, 15) is 9.18 Å². The summed E-state index contributed by atoms with van der Waals surface area (Å²) in [4.78, 5) is 18.7. The molecular formula is C19H22BrFN2OS. The Bertz CT molecular complexity index is 888. The first-order chi connectivity index (χ1) is 11.7. The highest BCUT2D eigenvalue weighted by molar-refractivity contribution is 9.10. The zero-order valence-electron chi connectivity index (χ0n) is 14.9. The molecule has 1 heterocycles. The maximum absolute atomic E-state index is 14.0. The fourth-order valence-electron chi connectivity index (χ4n) is 2.85. The molecule has 0 unspecified atom stereocenters. The van der Waals surface area contributed by atoms with Crippen LogP contribution in [-0.4, -0.2) is 10.5 Å². The second-order valence-electron chi connectivity index (χ2n) is 7.64. The van der Waals surface area contributed by atoms with Crippen LogP contribution in [0.1, 0.15) is 54.5 Å². The molecule has 0 radical (unpaired) electrons. The van der Waals surface area contributed by atoms with E-state index < -0.39 is 11.7 Å². The molecule has 25 heavy (non-hydrogen) atoms. The smallest absolute Gasteiger partial charge is 0.282 e. The summed E-state index contributed by atoms with van der Waals surface area (Å²) in [6.45, 7) is 9.45. The summed E-state index contributed by atoms with van der Waals surface area (Å²) in [6.07, 6.45) is 2.45. The monoisotopic (exact) mass is 424 g/mol. The van der Waals surface area contributed by atoms with Gasteiger partial charge < -0.3 is 4.57 Å². The van der Waals surface area contributed by atoms with Crippen molar-refractivity contribution in [2.75, 3.05) is 0 Å².